The van der Waals surface area contributed by atoms with Crippen LogP contribution >= 0.6 is 24.0 Å². The molecular formula is C23H35NS2. The fraction of sp³-hybridized carbons (Fsp3) is 0.609. The fourth-order valence-electron chi connectivity index (χ4n) is 3.56. The van der Waals surface area contributed by atoms with Crippen molar-refractivity contribution >= 4 is 28.3 Å². The maximum Gasteiger partial charge on any atom is 0.144 e. The largest absolute Gasteiger partial charge is 0.310 e. The number of thioether (sulfide) groups is 1. The first kappa shape index (κ1) is 21.5. The Bertz CT molecular complexity index is 652. The van der Waals surface area contributed by atoms with Gasteiger partial charge in [0.25, 0.3) is 0 Å². The molecular weight excluding hydrogens is 354 g/mol. The van der Waals surface area contributed by atoms with Gasteiger partial charge in [0.15, 0.2) is 0 Å². The van der Waals surface area contributed by atoms with E-state index in [1.807, 2.05) is 40.9 Å². The van der Waals surface area contributed by atoms with Gasteiger partial charge in [-0.3, -0.25) is 0 Å². The fourth-order valence-corrected chi connectivity index (χ4v) is 5.28. The zero-order valence-corrected chi connectivity index (χ0v) is 18.9. The van der Waals surface area contributed by atoms with Gasteiger partial charge in [-0.05, 0) is 55.1 Å². The van der Waals surface area contributed by atoms with Crippen molar-refractivity contribution in [3.8, 4) is 0 Å². The van der Waals surface area contributed by atoms with Crippen LogP contribution in [0.5, 0.6) is 0 Å². The number of aromatic nitrogens is 1. The third-order valence-corrected chi connectivity index (χ3v) is 7.97. The Kier molecular flexibility index (Phi) is 7.38. The summed E-state index contributed by atoms with van der Waals surface area (Å²) < 4.78 is 3.10. The number of nitrogens with zero attached hydrogens (tertiary/aromatic N) is 1. The number of thiocarbonyl (C=S) groups is 1. The van der Waals surface area contributed by atoms with Gasteiger partial charge in [-0.2, -0.15) is 0 Å². The van der Waals surface area contributed by atoms with Gasteiger partial charge in [-0.1, -0.05) is 89.3 Å². The van der Waals surface area contributed by atoms with E-state index in [4.69, 9.17) is 12.2 Å². The second-order valence-corrected chi connectivity index (χ2v) is 11.2. The van der Waals surface area contributed by atoms with Crippen molar-refractivity contribution in [1.29, 1.82) is 0 Å². The molecule has 0 N–H and O–H groups in total. The van der Waals surface area contributed by atoms with E-state index in [-0.39, 0.29) is 4.75 Å². The number of hydrogen-bond donors (Lipinski definition) is 0. The highest BCUT2D eigenvalue weighted by Crippen LogP contribution is 2.46. The first-order valence-corrected chi connectivity index (χ1v) is 11.1. The van der Waals surface area contributed by atoms with Crippen LogP contribution in [0.25, 0.3) is 0 Å². The van der Waals surface area contributed by atoms with Crippen molar-refractivity contribution in [3.63, 3.8) is 0 Å². The van der Waals surface area contributed by atoms with E-state index in [9.17, 15) is 0 Å². The topological polar surface area (TPSA) is 4.93 Å². The molecule has 3 heteroatoms. The van der Waals surface area contributed by atoms with E-state index in [2.05, 4.69) is 59.8 Å². The molecule has 0 amide bonds. The van der Waals surface area contributed by atoms with E-state index in [0.717, 1.165) is 4.32 Å². The molecule has 0 spiro atoms. The lowest BCUT2D eigenvalue weighted by molar-refractivity contribution is 0.155. The lowest BCUT2D eigenvalue weighted by Gasteiger charge is -2.41. The predicted octanol–water partition coefficient (Wildman–Crippen LogP) is 7.49. The van der Waals surface area contributed by atoms with Crippen molar-refractivity contribution < 1.29 is 0 Å². The minimum Gasteiger partial charge on any atom is -0.310 e. The zero-order valence-electron chi connectivity index (χ0n) is 17.3. The van der Waals surface area contributed by atoms with Gasteiger partial charge in [-0.15, -0.1) is 0 Å². The molecule has 0 saturated heterocycles. The highest BCUT2D eigenvalue weighted by atomic mass is 32.2. The van der Waals surface area contributed by atoms with Gasteiger partial charge in [0.05, 0.1) is 0 Å². The summed E-state index contributed by atoms with van der Waals surface area (Å²) in [5, 5.41) is 0. The van der Waals surface area contributed by atoms with Crippen LogP contribution in [0.15, 0.2) is 48.3 Å². The SMILES string of the molecule is CC(C)C(C)(CC1=CCCC=C1)CC(C)C(C)(C)SC(=S)n1cccc1. The lowest BCUT2D eigenvalue weighted by atomic mass is 9.67. The summed E-state index contributed by atoms with van der Waals surface area (Å²) in [7, 11) is 0. The second-order valence-electron chi connectivity index (χ2n) is 8.91. The Labute approximate surface area is 170 Å². The maximum absolute atomic E-state index is 5.67. The van der Waals surface area contributed by atoms with Crippen molar-refractivity contribution in [2.24, 2.45) is 17.3 Å². The molecule has 0 saturated carbocycles. The summed E-state index contributed by atoms with van der Waals surface area (Å²) in [6.07, 6.45) is 16.0. The quantitative estimate of drug-likeness (QED) is 0.445. The van der Waals surface area contributed by atoms with Crippen molar-refractivity contribution in [1.82, 2.24) is 4.57 Å². The molecule has 0 fully saturated rings. The van der Waals surface area contributed by atoms with Crippen molar-refractivity contribution in [2.75, 3.05) is 0 Å². The van der Waals surface area contributed by atoms with Gasteiger partial charge < -0.3 is 4.57 Å². The summed E-state index contributed by atoms with van der Waals surface area (Å²) in [5.41, 5.74) is 1.83. The summed E-state index contributed by atoms with van der Waals surface area (Å²) in [4.78, 5) is 0. The molecule has 2 rings (SSSR count). The molecule has 2 unspecified atom stereocenters. The van der Waals surface area contributed by atoms with Crippen LogP contribution in [0, 0.1) is 17.3 Å². The van der Waals surface area contributed by atoms with Crippen molar-refractivity contribution in [3.05, 3.63) is 48.3 Å². The van der Waals surface area contributed by atoms with Gasteiger partial charge in [0.1, 0.15) is 4.32 Å². The Morgan fingerprint density at radius 2 is 1.81 bits per heavy atom. The molecule has 0 radical (unpaired) electrons. The van der Waals surface area contributed by atoms with Crippen LogP contribution in [0.3, 0.4) is 0 Å². The monoisotopic (exact) mass is 389 g/mol. The Balaban J connectivity index is 2.07. The average Bonchev–Trinajstić information content (AvgIpc) is 3.09. The molecule has 26 heavy (non-hydrogen) atoms. The summed E-state index contributed by atoms with van der Waals surface area (Å²) in [5.74, 6) is 1.22. The van der Waals surface area contributed by atoms with E-state index < -0.39 is 0 Å². The molecule has 1 aromatic heterocycles. The summed E-state index contributed by atoms with van der Waals surface area (Å²) >= 11 is 7.51. The normalized spacial score (nSPS) is 18.5. The van der Waals surface area contributed by atoms with Crippen LogP contribution in [0.1, 0.15) is 67.2 Å². The molecule has 2 atom stereocenters. The van der Waals surface area contributed by atoms with Crippen LogP contribution < -0.4 is 0 Å². The van der Waals surface area contributed by atoms with E-state index in [0.29, 0.717) is 17.3 Å². The molecule has 1 heterocycles. The Hall–Kier alpha value is -0.800. The average molecular weight is 390 g/mol. The first-order chi connectivity index (χ1) is 12.1. The third-order valence-electron chi connectivity index (χ3n) is 6.20. The number of allylic oxidation sites excluding steroid dienone is 4. The van der Waals surface area contributed by atoms with Gasteiger partial charge >= 0.3 is 0 Å². The summed E-state index contributed by atoms with van der Waals surface area (Å²) in [6.45, 7) is 14.3. The molecule has 0 aromatic carbocycles. The zero-order chi connectivity index (χ0) is 19.4. The lowest BCUT2D eigenvalue weighted by Crippen LogP contribution is -2.35. The molecule has 1 aliphatic carbocycles. The molecule has 1 aromatic rings. The maximum atomic E-state index is 5.67. The molecule has 0 aliphatic heterocycles. The standard InChI is InChI=1S/C23H35NS2/c1-18(2)23(6,17-20-12-8-7-9-13-20)16-19(3)22(4,5)26-21(25)24-14-10-11-15-24/h8,10-15,18-19H,7,9,16-17H2,1-6H3. The minimum atomic E-state index is 0.105. The van der Waals surface area contributed by atoms with Crippen LogP contribution in [0.4, 0.5) is 0 Å². The second kappa shape index (κ2) is 8.93. The van der Waals surface area contributed by atoms with E-state index >= 15 is 0 Å². The smallest absolute Gasteiger partial charge is 0.144 e. The molecule has 1 aliphatic rings. The Morgan fingerprint density at radius 3 is 2.35 bits per heavy atom. The van der Waals surface area contributed by atoms with Crippen LogP contribution in [0.2, 0.25) is 0 Å². The number of hydrogen-bond acceptors (Lipinski definition) is 2. The van der Waals surface area contributed by atoms with Crippen LogP contribution in [-0.2, 0) is 0 Å². The van der Waals surface area contributed by atoms with Gasteiger partial charge in [0.2, 0.25) is 0 Å². The van der Waals surface area contributed by atoms with E-state index in [1.54, 1.807) is 0 Å². The summed E-state index contributed by atoms with van der Waals surface area (Å²) in [6, 6.07) is 4.06. The molecule has 144 valence electrons. The highest BCUT2D eigenvalue weighted by molar-refractivity contribution is 8.23. The third kappa shape index (κ3) is 5.60. The van der Waals surface area contributed by atoms with Gasteiger partial charge in [0, 0.05) is 17.1 Å². The minimum absolute atomic E-state index is 0.105. The predicted molar refractivity (Wildman–Crippen MR) is 122 cm³/mol. The van der Waals surface area contributed by atoms with E-state index in [1.165, 1.54) is 31.3 Å². The molecule has 1 nitrogen and oxygen atoms in total. The Morgan fingerprint density at radius 1 is 1.15 bits per heavy atom. The highest BCUT2D eigenvalue weighted by Gasteiger charge is 2.37. The molecule has 0 bridgehead atoms. The number of rotatable bonds is 7. The van der Waals surface area contributed by atoms with Crippen molar-refractivity contribution in [2.45, 2.75) is 72.0 Å². The van der Waals surface area contributed by atoms with Gasteiger partial charge in [-0.25, -0.2) is 0 Å². The first-order valence-electron chi connectivity index (χ1n) is 9.86. The van der Waals surface area contributed by atoms with Crippen LogP contribution in [-0.4, -0.2) is 13.6 Å².